The fourth-order valence-electron chi connectivity index (χ4n) is 2.74. The first kappa shape index (κ1) is 13.6. The highest BCUT2D eigenvalue weighted by Gasteiger charge is 2.11. The smallest absolute Gasteiger partial charge is 0.0234 e. The lowest BCUT2D eigenvalue weighted by Gasteiger charge is -2.21. The van der Waals surface area contributed by atoms with Gasteiger partial charge in [0, 0.05) is 19.6 Å². The standard InChI is InChI=1S/C16H26N2/c1-3-17-10-11-18(4-2)13-14-8-9-15-6-5-7-16(15)12-14/h8-9,12,17H,3-7,10-11,13H2,1-2H3. The van der Waals surface area contributed by atoms with Crippen LogP contribution in [-0.4, -0.2) is 31.1 Å². The molecule has 2 nitrogen and oxygen atoms in total. The van der Waals surface area contributed by atoms with E-state index in [1.165, 1.54) is 24.8 Å². The maximum atomic E-state index is 3.40. The van der Waals surface area contributed by atoms with Crippen LogP contribution in [0.3, 0.4) is 0 Å². The van der Waals surface area contributed by atoms with Gasteiger partial charge in [0.15, 0.2) is 0 Å². The predicted molar refractivity (Wildman–Crippen MR) is 78.0 cm³/mol. The van der Waals surface area contributed by atoms with E-state index in [-0.39, 0.29) is 0 Å². The van der Waals surface area contributed by atoms with Crippen molar-refractivity contribution < 1.29 is 0 Å². The molecule has 0 unspecified atom stereocenters. The lowest BCUT2D eigenvalue weighted by atomic mass is 10.1. The molecule has 100 valence electrons. The molecule has 1 aromatic rings. The van der Waals surface area contributed by atoms with Crippen LogP contribution in [0, 0.1) is 0 Å². The van der Waals surface area contributed by atoms with Gasteiger partial charge in [-0.25, -0.2) is 0 Å². The summed E-state index contributed by atoms with van der Waals surface area (Å²) in [5, 5.41) is 3.40. The Hall–Kier alpha value is -0.860. The second-order valence-corrected chi connectivity index (χ2v) is 5.18. The summed E-state index contributed by atoms with van der Waals surface area (Å²) >= 11 is 0. The van der Waals surface area contributed by atoms with Crippen LogP contribution in [0.15, 0.2) is 18.2 Å². The number of benzene rings is 1. The van der Waals surface area contributed by atoms with Gasteiger partial charge in [0.1, 0.15) is 0 Å². The molecule has 2 heteroatoms. The van der Waals surface area contributed by atoms with E-state index < -0.39 is 0 Å². The fraction of sp³-hybridized carbons (Fsp3) is 0.625. The normalized spacial score (nSPS) is 14.2. The largest absolute Gasteiger partial charge is 0.316 e. The number of likely N-dealkylation sites (N-methyl/N-ethyl adjacent to an activating group) is 2. The third kappa shape index (κ3) is 3.56. The van der Waals surface area contributed by atoms with E-state index in [2.05, 4.69) is 42.3 Å². The molecule has 1 aliphatic rings. The second kappa shape index (κ2) is 6.91. The van der Waals surface area contributed by atoms with Gasteiger partial charge in [-0.15, -0.1) is 0 Å². The molecule has 0 saturated carbocycles. The Kier molecular flexibility index (Phi) is 5.21. The van der Waals surface area contributed by atoms with Gasteiger partial charge < -0.3 is 5.32 Å². The SMILES string of the molecule is CCNCCN(CC)Cc1ccc2c(c1)CCC2. The number of aryl methyl sites for hydroxylation is 2. The van der Waals surface area contributed by atoms with Crippen molar-refractivity contribution in [1.82, 2.24) is 10.2 Å². The Morgan fingerprint density at radius 1 is 1.17 bits per heavy atom. The maximum Gasteiger partial charge on any atom is 0.0234 e. The predicted octanol–water partition coefficient (Wildman–Crippen LogP) is 2.61. The van der Waals surface area contributed by atoms with Crippen LogP contribution in [0.25, 0.3) is 0 Å². The van der Waals surface area contributed by atoms with E-state index in [1.807, 2.05) is 0 Å². The number of nitrogens with one attached hydrogen (secondary N) is 1. The first-order valence-electron chi connectivity index (χ1n) is 7.37. The highest BCUT2D eigenvalue weighted by atomic mass is 15.1. The Morgan fingerprint density at radius 3 is 2.78 bits per heavy atom. The zero-order valence-electron chi connectivity index (χ0n) is 11.8. The summed E-state index contributed by atoms with van der Waals surface area (Å²) in [5.74, 6) is 0. The van der Waals surface area contributed by atoms with Crippen LogP contribution in [0.5, 0.6) is 0 Å². The van der Waals surface area contributed by atoms with Crippen molar-refractivity contribution in [3.63, 3.8) is 0 Å². The number of rotatable bonds is 7. The van der Waals surface area contributed by atoms with Crippen molar-refractivity contribution in [1.29, 1.82) is 0 Å². The van der Waals surface area contributed by atoms with Crippen LogP contribution in [-0.2, 0) is 19.4 Å². The Balaban J connectivity index is 1.90. The molecule has 1 N–H and O–H groups in total. The van der Waals surface area contributed by atoms with Crippen LogP contribution in [0.1, 0.15) is 37.0 Å². The third-order valence-corrected chi connectivity index (χ3v) is 3.87. The average Bonchev–Trinajstić information content (AvgIpc) is 2.85. The molecule has 18 heavy (non-hydrogen) atoms. The second-order valence-electron chi connectivity index (χ2n) is 5.18. The van der Waals surface area contributed by atoms with Crippen LogP contribution < -0.4 is 5.32 Å². The van der Waals surface area contributed by atoms with Gasteiger partial charge in [-0.1, -0.05) is 32.0 Å². The molecule has 2 rings (SSSR count). The molecule has 0 aromatic heterocycles. The molecule has 0 saturated heterocycles. The molecule has 0 aliphatic heterocycles. The summed E-state index contributed by atoms with van der Waals surface area (Å²) in [6, 6.07) is 7.09. The maximum absolute atomic E-state index is 3.40. The lowest BCUT2D eigenvalue weighted by molar-refractivity contribution is 0.280. The van der Waals surface area contributed by atoms with E-state index in [0.717, 1.165) is 32.7 Å². The Labute approximate surface area is 111 Å². The number of hydrogen-bond acceptors (Lipinski definition) is 2. The first-order valence-corrected chi connectivity index (χ1v) is 7.37. The third-order valence-electron chi connectivity index (χ3n) is 3.87. The van der Waals surface area contributed by atoms with E-state index in [1.54, 1.807) is 11.1 Å². The lowest BCUT2D eigenvalue weighted by Crippen LogP contribution is -2.31. The highest BCUT2D eigenvalue weighted by Crippen LogP contribution is 2.23. The van der Waals surface area contributed by atoms with Crippen LogP contribution in [0.2, 0.25) is 0 Å². The minimum absolute atomic E-state index is 1.07. The van der Waals surface area contributed by atoms with Crippen molar-refractivity contribution in [3.8, 4) is 0 Å². The monoisotopic (exact) mass is 246 g/mol. The minimum atomic E-state index is 1.07. The molecule has 0 spiro atoms. The molecule has 0 atom stereocenters. The molecular weight excluding hydrogens is 220 g/mol. The summed E-state index contributed by atoms with van der Waals surface area (Å²) in [5.41, 5.74) is 4.65. The van der Waals surface area contributed by atoms with Crippen molar-refractivity contribution in [2.24, 2.45) is 0 Å². The summed E-state index contributed by atoms with van der Waals surface area (Å²) in [6.07, 6.45) is 3.91. The quantitative estimate of drug-likeness (QED) is 0.744. The number of hydrogen-bond donors (Lipinski definition) is 1. The summed E-state index contributed by atoms with van der Waals surface area (Å²) in [4.78, 5) is 2.51. The highest BCUT2D eigenvalue weighted by molar-refractivity contribution is 5.35. The van der Waals surface area contributed by atoms with Crippen molar-refractivity contribution in [2.45, 2.75) is 39.7 Å². The van der Waals surface area contributed by atoms with E-state index in [4.69, 9.17) is 0 Å². The van der Waals surface area contributed by atoms with Gasteiger partial charge in [-0.05, 0) is 49.0 Å². The summed E-state index contributed by atoms with van der Waals surface area (Å²) in [7, 11) is 0. The van der Waals surface area contributed by atoms with Gasteiger partial charge in [0.05, 0.1) is 0 Å². The molecule has 0 heterocycles. The van der Waals surface area contributed by atoms with Crippen molar-refractivity contribution in [3.05, 3.63) is 34.9 Å². The summed E-state index contributed by atoms with van der Waals surface area (Å²) in [6.45, 7) is 9.93. The Morgan fingerprint density at radius 2 is 2.00 bits per heavy atom. The Bertz CT molecular complexity index is 373. The molecule has 1 aliphatic carbocycles. The average molecular weight is 246 g/mol. The zero-order chi connectivity index (χ0) is 12.8. The molecule has 0 bridgehead atoms. The van der Waals surface area contributed by atoms with Crippen LogP contribution in [0.4, 0.5) is 0 Å². The van der Waals surface area contributed by atoms with Gasteiger partial charge in [0.25, 0.3) is 0 Å². The van der Waals surface area contributed by atoms with Crippen molar-refractivity contribution in [2.75, 3.05) is 26.2 Å². The van der Waals surface area contributed by atoms with E-state index in [0.29, 0.717) is 0 Å². The van der Waals surface area contributed by atoms with E-state index in [9.17, 15) is 0 Å². The molecule has 1 aromatic carbocycles. The minimum Gasteiger partial charge on any atom is -0.316 e. The topological polar surface area (TPSA) is 15.3 Å². The first-order chi connectivity index (χ1) is 8.83. The summed E-state index contributed by atoms with van der Waals surface area (Å²) < 4.78 is 0. The fourth-order valence-corrected chi connectivity index (χ4v) is 2.74. The van der Waals surface area contributed by atoms with Crippen LogP contribution >= 0.6 is 0 Å². The van der Waals surface area contributed by atoms with E-state index >= 15 is 0 Å². The van der Waals surface area contributed by atoms with Gasteiger partial charge >= 0.3 is 0 Å². The molecule has 0 radical (unpaired) electrons. The van der Waals surface area contributed by atoms with Gasteiger partial charge in [-0.3, -0.25) is 4.90 Å². The molecular formula is C16H26N2. The molecule has 0 amide bonds. The van der Waals surface area contributed by atoms with Gasteiger partial charge in [-0.2, -0.15) is 0 Å². The molecule has 0 fully saturated rings. The van der Waals surface area contributed by atoms with Gasteiger partial charge in [0.2, 0.25) is 0 Å². The number of fused-ring (bicyclic) bond motifs is 1. The number of nitrogens with zero attached hydrogens (tertiary/aromatic N) is 1. The van der Waals surface area contributed by atoms with Crippen molar-refractivity contribution >= 4 is 0 Å². The zero-order valence-corrected chi connectivity index (χ0v) is 11.8.